The van der Waals surface area contributed by atoms with Gasteiger partial charge in [-0.1, -0.05) is 13.3 Å². The Kier molecular flexibility index (Phi) is 6.61. The maximum Gasteiger partial charge on any atom is 0.244 e. The SMILES string of the molecule is CCCN1CCCCC1C(=O)N1CCN(S(=O)(=O)c2cc(C)sc2C)CC1. The summed E-state index contributed by atoms with van der Waals surface area (Å²) in [6.07, 6.45) is 4.23. The van der Waals surface area contributed by atoms with Crippen molar-refractivity contribution < 1.29 is 13.2 Å². The highest BCUT2D eigenvalue weighted by Crippen LogP contribution is 2.28. The molecule has 2 aliphatic heterocycles. The van der Waals surface area contributed by atoms with Gasteiger partial charge in [-0.25, -0.2) is 8.42 Å². The van der Waals surface area contributed by atoms with Gasteiger partial charge in [-0.05, 0) is 52.3 Å². The average Bonchev–Trinajstić information content (AvgIpc) is 3.01. The lowest BCUT2D eigenvalue weighted by atomic mass is 10.0. The van der Waals surface area contributed by atoms with Crippen LogP contribution in [-0.4, -0.2) is 73.7 Å². The molecule has 1 amide bonds. The number of nitrogens with zero attached hydrogens (tertiary/aromatic N) is 3. The van der Waals surface area contributed by atoms with E-state index in [4.69, 9.17) is 0 Å². The second-order valence-corrected chi connectivity index (χ2v) is 10.9. The Morgan fingerprint density at radius 2 is 1.85 bits per heavy atom. The van der Waals surface area contributed by atoms with Gasteiger partial charge in [0.1, 0.15) is 0 Å². The zero-order valence-corrected chi connectivity index (χ0v) is 18.2. The summed E-state index contributed by atoms with van der Waals surface area (Å²) in [5.74, 6) is 0.183. The average molecular weight is 414 g/mol. The fourth-order valence-corrected chi connectivity index (χ4v) is 7.13. The third-order valence-corrected chi connectivity index (χ3v) is 8.69. The second-order valence-electron chi connectivity index (χ2n) is 7.55. The fourth-order valence-electron chi connectivity index (χ4n) is 4.19. The van der Waals surface area contributed by atoms with Gasteiger partial charge in [-0.3, -0.25) is 9.69 Å². The summed E-state index contributed by atoms with van der Waals surface area (Å²) in [6, 6.07) is 1.74. The third-order valence-electron chi connectivity index (χ3n) is 5.57. The molecular weight excluding hydrogens is 382 g/mol. The van der Waals surface area contributed by atoms with Crippen molar-refractivity contribution in [1.29, 1.82) is 0 Å². The minimum atomic E-state index is -3.47. The predicted molar refractivity (Wildman–Crippen MR) is 109 cm³/mol. The third kappa shape index (κ3) is 4.39. The summed E-state index contributed by atoms with van der Waals surface area (Å²) in [5.41, 5.74) is 0. The van der Waals surface area contributed by atoms with Crippen molar-refractivity contribution in [3.05, 3.63) is 15.8 Å². The molecule has 1 atom stereocenters. The van der Waals surface area contributed by atoms with Crippen LogP contribution >= 0.6 is 11.3 Å². The van der Waals surface area contributed by atoms with Crippen molar-refractivity contribution in [3.63, 3.8) is 0 Å². The molecule has 3 heterocycles. The first kappa shape index (κ1) is 20.8. The number of aryl methyl sites for hydroxylation is 2. The molecule has 3 rings (SSSR count). The van der Waals surface area contributed by atoms with E-state index in [2.05, 4.69) is 11.8 Å². The number of carbonyl (C=O) groups is 1. The highest BCUT2D eigenvalue weighted by molar-refractivity contribution is 7.89. The van der Waals surface area contributed by atoms with E-state index < -0.39 is 10.0 Å². The van der Waals surface area contributed by atoms with Crippen molar-refractivity contribution in [1.82, 2.24) is 14.1 Å². The monoisotopic (exact) mass is 413 g/mol. The largest absolute Gasteiger partial charge is 0.339 e. The van der Waals surface area contributed by atoms with E-state index in [0.29, 0.717) is 31.1 Å². The number of carbonyl (C=O) groups excluding carboxylic acids is 1. The van der Waals surface area contributed by atoms with Crippen molar-refractivity contribution in [2.45, 2.75) is 57.4 Å². The zero-order valence-electron chi connectivity index (χ0n) is 16.6. The molecule has 27 heavy (non-hydrogen) atoms. The molecule has 1 aromatic heterocycles. The highest BCUT2D eigenvalue weighted by atomic mass is 32.2. The van der Waals surface area contributed by atoms with Gasteiger partial charge < -0.3 is 4.90 Å². The lowest BCUT2D eigenvalue weighted by Gasteiger charge is -2.40. The smallest absolute Gasteiger partial charge is 0.244 e. The Bertz CT molecular complexity index is 765. The van der Waals surface area contributed by atoms with Crippen LogP contribution in [0.5, 0.6) is 0 Å². The normalized spacial score (nSPS) is 22.9. The number of likely N-dealkylation sites (tertiary alicyclic amines) is 1. The Morgan fingerprint density at radius 1 is 1.15 bits per heavy atom. The maximum absolute atomic E-state index is 13.0. The van der Waals surface area contributed by atoms with Crippen LogP contribution in [-0.2, 0) is 14.8 Å². The van der Waals surface area contributed by atoms with Crippen LogP contribution in [0.3, 0.4) is 0 Å². The van der Waals surface area contributed by atoms with Gasteiger partial charge in [0, 0.05) is 35.9 Å². The fraction of sp³-hybridized carbons (Fsp3) is 0.737. The van der Waals surface area contributed by atoms with E-state index in [1.54, 1.807) is 6.07 Å². The van der Waals surface area contributed by atoms with Crippen molar-refractivity contribution in [2.24, 2.45) is 0 Å². The lowest BCUT2D eigenvalue weighted by Crippen LogP contribution is -2.56. The molecule has 1 unspecified atom stereocenters. The maximum atomic E-state index is 13.0. The Hall–Kier alpha value is -0.960. The molecule has 6 nitrogen and oxygen atoms in total. The van der Waals surface area contributed by atoms with Gasteiger partial charge in [0.05, 0.1) is 10.9 Å². The van der Waals surface area contributed by atoms with Gasteiger partial charge in [0.15, 0.2) is 0 Å². The number of piperazine rings is 1. The molecule has 0 saturated carbocycles. The first-order valence-electron chi connectivity index (χ1n) is 9.94. The Labute approximate surface area is 167 Å². The molecule has 0 spiro atoms. The standard InChI is InChI=1S/C19H31N3O3S2/c1-4-8-20-9-6-5-7-17(20)19(23)21-10-12-22(13-11-21)27(24,25)18-14-15(2)26-16(18)3/h14,17H,4-13H2,1-3H3. The molecule has 2 aliphatic rings. The number of amides is 1. The summed E-state index contributed by atoms with van der Waals surface area (Å²) in [4.78, 5) is 19.5. The van der Waals surface area contributed by atoms with E-state index in [1.807, 2.05) is 18.7 Å². The summed E-state index contributed by atoms with van der Waals surface area (Å²) < 4.78 is 27.5. The van der Waals surface area contributed by atoms with E-state index in [1.165, 1.54) is 15.6 Å². The Morgan fingerprint density at radius 3 is 2.44 bits per heavy atom. The molecule has 0 radical (unpaired) electrons. The molecular formula is C19H31N3O3S2. The number of sulfonamides is 1. The quantitative estimate of drug-likeness (QED) is 0.744. The zero-order chi connectivity index (χ0) is 19.6. The summed E-state index contributed by atoms with van der Waals surface area (Å²) >= 11 is 1.51. The number of hydrogen-bond acceptors (Lipinski definition) is 5. The van der Waals surface area contributed by atoms with Crippen LogP contribution in [0, 0.1) is 13.8 Å². The van der Waals surface area contributed by atoms with Gasteiger partial charge in [-0.2, -0.15) is 4.31 Å². The van der Waals surface area contributed by atoms with Crippen LogP contribution < -0.4 is 0 Å². The minimum absolute atomic E-state index is 0.0244. The van der Waals surface area contributed by atoms with Crippen molar-refractivity contribution >= 4 is 27.3 Å². The number of rotatable bonds is 5. The molecule has 152 valence electrons. The summed E-state index contributed by atoms with van der Waals surface area (Å²) in [6.45, 7) is 9.61. The van der Waals surface area contributed by atoms with Gasteiger partial charge in [-0.15, -0.1) is 11.3 Å². The van der Waals surface area contributed by atoms with Crippen molar-refractivity contribution in [2.75, 3.05) is 39.3 Å². The second kappa shape index (κ2) is 8.59. The molecule has 2 fully saturated rings. The van der Waals surface area contributed by atoms with Gasteiger partial charge >= 0.3 is 0 Å². The van der Waals surface area contributed by atoms with Crippen molar-refractivity contribution in [3.8, 4) is 0 Å². The van der Waals surface area contributed by atoms with Crippen LogP contribution in [0.25, 0.3) is 0 Å². The number of thiophene rings is 1. The van der Waals surface area contributed by atoms with E-state index in [9.17, 15) is 13.2 Å². The molecule has 0 aliphatic carbocycles. The topological polar surface area (TPSA) is 60.9 Å². The lowest BCUT2D eigenvalue weighted by molar-refractivity contribution is -0.139. The van der Waals surface area contributed by atoms with Crippen LogP contribution in [0.15, 0.2) is 11.0 Å². The van der Waals surface area contributed by atoms with Crippen LogP contribution in [0.4, 0.5) is 0 Å². The summed E-state index contributed by atoms with van der Waals surface area (Å²) in [7, 11) is -3.47. The molecule has 1 aromatic rings. The molecule has 0 bridgehead atoms. The van der Waals surface area contributed by atoms with Gasteiger partial charge in [0.2, 0.25) is 15.9 Å². The highest BCUT2D eigenvalue weighted by Gasteiger charge is 2.36. The summed E-state index contributed by atoms with van der Waals surface area (Å²) in [5, 5.41) is 0. The first-order chi connectivity index (χ1) is 12.8. The minimum Gasteiger partial charge on any atom is -0.339 e. The molecule has 2 saturated heterocycles. The van der Waals surface area contributed by atoms with Gasteiger partial charge in [0.25, 0.3) is 0 Å². The Balaban J connectivity index is 1.64. The van der Waals surface area contributed by atoms with E-state index in [0.717, 1.165) is 48.5 Å². The molecule has 0 N–H and O–H groups in total. The molecule has 8 heteroatoms. The van der Waals surface area contributed by atoms with E-state index in [-0.39, 0.29) is 11.9 Å². The number of piperidine rings is 1. The molecule has 0 aromatic carbocycles. The predicted octanol–water partition coefficient (Wildman–Crippen LogP) is 2.46. The first-order valence-corrected chi connectivity index (χ1v) is 12.2. The van der Waals surface area contributed by atoms with Crippen LogP contribution in [0.1, 0.15) is 42.4 Å². The number of hydrogen-bond donors (Lipinski definition) is 0. The van der Waals surface area contributed by atoms with Crippen LogP contribution in [0.2, 0.25) is 0 Å². The van der Waals surface area contributed by atoms with E-state index >= 15 is 0 Å².